The van der Waals surface area contributed by atoms with Crippen LogP contribution in [0.3, 0.4) is 0 Å². The summed E-state index contributed by atoms with van der Waals surface area (Å²) in [6.45, 7) is 2.17. The summed E-state index contributed by atoms with van der Waals surface area (Å²) < 4.78 is 0. The van der Waals surface area contributed by atoms with Crippen LogP contribution in [0.25, 0.3) is 0 Å². The number of nitrogens with zero attached hydrogens (tertiary/aromatic N) is 1. The van der Waals surface area contributed by atoms with Crippen molar-refractivity contribution in [3.05, 3.63) is 35.4 Å². The lowest BCUT2D eigenvalue weighted by molar-refractivity contribution is -0.134. The number of carbonyl (C=O) groups is 2. The zero-order chi connectivity index (χ0) is 15.7. The van der Waals surface area contributed by atoms with E-state index in [9.17, 15) is 14.7 Å². The first kappa shape index (κ1) is 15.1. The van der Waals surface area contributed by atoms with E-state index in [0.717, 1.165) is 18.4 Å². The number of amides is 1. The van der Waals surface area contributed by atoms with E-state index in [4.69, 9.17) is 0 Å². The van der Waals surface area contributed by atoms with Gasteiger partial charge in [0.15, 0.2) is 0 Å². The summed E-state index contributed by atoms with van der Waals surface area (Å²) in [5.41, 5.74) is 1.06. The molecule has 3 rings (SSSR count). The summed E-state index contributed by atoms with van der Waals surface area (Å²) in [5, 5.41) is 9.21. The maximum absolute atomic E-state index is 12.6. The topological polar surface area (TPSA) is 57.6 Å². The van der Waals surface area contributed by atoms with Crippen molar-refractivity contribution < 1.29 is 14.7 Å². The van der Waals surface area contributed by atoms with Crippen molar-refractivity contribution >= 4 is 11.9 Å². The van der Waals surface area contributed by atoms with Crippen LogP contribution in [0.4, 0.5) is 0 Å². The highest BCUT2D eigenvalue weighted by atomic mass is 16.4. The molecule has 4 nitrogen and oxygen atoms in total. The molecule has 2 aliphatic carbocycles. The average Bonchev–Trinajstić information content (AvgIpc) is 3.38. The summed E-state index contributed by atoms with van der Waals surface area (Å²) in [6, 6.07) is 7.74. The molecule has 0 saturated heterocycles. The summed E-state index contributed by atoms with van der Waals surface area (Å²) >= 11 is 0. The molecular formula is C18H23NO3. The van der Waals surface area contributed by atoms with Gasteiger partial charge in [0.25, 0.3) is 0 Å². The highest BCUT2D eigenvalue weighted by Gasteiger charge is 2.41. The Morgan fingerprint density at radius 3 is 2.50 bits per heavy atom. The molecule has 4 heteroatoms. The van der Waals surface area contributed by atoms with Crippen LogP contribution in [0.1, 0.15) is 54.9 Å². The number of carboxylic acid groups (broad SMARTS) is 1. The average molecular weight is 301 g/mol. The quantitative estimate of drug-likeness (QED) is 0.842. The summed E-state index contributed by atoms with van der Waals surface area (Å²) in [4.78, 5) is 25.9. The molecule has 1 aromatic carbocycles. The van der Waals surface area contributed by atoms with E-state index in [2.05, 4.69) is 11.8 Å². The van der Waals surface area contributed by atoms with E-state index >= 15 is 0 Å². The molecule has 2 saturated carbocycles. The number of hydrogen-bond acceptors (Lipinski definition) is 2. The molecule has 1 unspecified atom stereocenters. The highest BCUT2D eigenvalue weighted by molar-refractivity contribution is 5.89. The van der Waals surface area contributed by atoms with E-state index < -0.39 is 5.97 Å². The minimum atomic E-state index is -0.923. The van der Waals surface area contributed by atoms with Gasteiger partial charge in [0.1, 0.15) is 0 Å². The van der Waals surface area contributed by atoms with E-state index in [1.165, 1.54) is 12.8 Å². The maximum Gasteiger partial charge on any atom is 0.335 e. The molecule has 0 aliphatic heterocycles. The molecule has 0 heterocycles. The smallest absolute Gasteiger partial charge is 0.335 e. The van der Waals surface area contributed by atoms with E-state index in [1.54, 1.807) is 12.1 Å². The van der Waals surface area contributed by atoms with Crippen LogP contribution in [-0.4, -0.2) is 34.0 Å². The van der Waals surface area contributed by atoms with E-state index in [-0.39, 0.29) is 5.91 Å². The lowest BCUT2D eigenvalue weighted by Crippen LogP contribution is -2.41. The van der Waals surface area contributed by atoms with Gasteiger partial charge in [-0.25, -0.2) is 4.79 Å². The van der Waals surface area contributed by atoms with Crippen LogP contribution in [0, 0.1) is 5.92 Å². The van der Waals surface area contributed by atoms with Crippen molar-refractivity contribution in [3.63, 3.8) is 0 Å². The first-order valence-corrected chi connectivity index (χ1v) is 8.20. The van der Waals surface area contributed by atoms with Gasteiger partial charge >= 0.3 is 5.97 Å². The van der Waals surface area contributed by atoms with Crippen molar-refractivity contribution in [2.45, 2.75) is 57.5 Å². The third kappa shape index (κ3) is 3.32. The van der Waals surface area contributed by atoms with Crippen molar-refractivity contribution in [3.8, 4) is 0 Å². The van der Waals surface area contributed by atoms with Crippen LogP contribution < -0.4 is 0 Å². The van der Waals surface area contributed by atoms with Crippen molar-refractivity contribution in [2.75, 3.05) is 0 Å². The van der Waals surface area contributed by atoms with Crippen LogP contribution in [0.2, 0.25) is 0 Å². The maximum atomic E-state index is 12.6. The standard InChI is InChI=1S/C18H23NO3/c1-12(13-6-7-13)19(15-9-10-15)17(20)11-8-14-4-2-3-5-16(14)18(21)22/h2-5,12-13,15H,6-11H2,1H3,(H,21,22). The number of aryl methyl sites for hydroxylation is 1. The van der Waals surface area contributed by atoms with Gasteiger partial charge in [0, 0.05) is 18.5 Å². The molecule has 1 N–H and O–H groups in total. The third-order valence-corrected chi connectivity index (χ3v) is 4.83. The second-order valence-electron chi connectivity index (χ2n) is 6.57. The number of aromatic carboxylic acids is 1. The van der Waals surface area contributed by atoms with Gasteiger partial charge < -0.3 is 10.0 Å². The van der Waals surface area contributed by atoms with Gasteiger partial charge in [-0.15, -0.1) is 0 Å². The molecule has 0 spiro atoms. The number of benzene rings is 1. The molecule has 0 bridgehead atoms. The van der Waals surface area contributed by atoms with Gasteiger partial charge in [-0.2, -0.15) is 0 Å². The number of carbonyl (C=O) groups excluding carboxylic acids is 1. The van der Waals surface area contributed by atoms with Crippen LogP contribution in [0.15, 0.2) is 24.3 Å². The molecular weight excluding hydrogens is 278 g/mol. The minimum Gasteiger partial charge on any atom is -0.478 e. The van der Waals surface area contributed by atoms with Crippen LogP contribution >= 0.6 is 0 Å². The van der Waals surface area contributed by atoms with Gasteiger partial charge in [0.05, 0.1) is 5.56 Å². The Morgan fingerprint density at radius 2 is 1.91 bits per heavy atom. The van der Waals surface area contributed by atoms with Crippen molar-refractivity contribution in [2.24, 2.45) is 5.92 Å². The zero-order valence-electron chi connectivity index (χ0n) is 13.0. The van der Waals surface area contributed by atoms with Gasteiger partial charge in [-0.1, -0.05) is 18.2 Å². The number of hydrogen-bond donors (Lipinski definition) is 1. The minimum absolute atomic E-state index is 0.182. The molecule has 0 aromatic heterocycles. The second kappa shape index (κ2) is 6.11. The fourth-order valence-electron chi connectivity index (χ4n) is 3.24. The first-order valence-electron chi connectivity index (χ1n) is 8.20. The predicted molar refractivity (Wildman–Crippen MR) is 83.8 cm³/mol. The summed E-state index contributed by atoms with van der Waals surface area (Å²) in [6.07, 6.45) is 5.61. The molecule has 1 amide bonds. The molecule has 1 atom stereocenters. The van der Waals surface area contributed by atoms with Crippen molar-refractivity contribution in [1.82, 2.24) is 4.90 Å². The predicted octanol–water partition coefficient (Wildman–Crippen LogP) is 3.11. The Morgan fingerprint density at radius 1 is 1.23 bits per heavy atom. The Hall–Kier alpha value is -1.84. The van der Waals surface area contributed by atoms with Gasteiger partial charge in [-0.05, 0) is 56.6 Å². The summed E-state index contributed by atoms with van der Waals surface area (Å²) in [7, 11) is 0. The lowest BCUT2D eigenvalue weighted by atomic mass is 10.0. The van der Waals surface area contributed by atoms with E-state index in [1.807, 2.05) is 12.1 Å². The Bertz CT molecular complexity index is 575. The van der Waals surface area contributed by atoms with Crippen LogP contribution in [0.5, 0.6) is 0 Å². The van der Waals surface area contributed by atoms with E-state index in [0.29, 0.717) is 36.4 Å². The Balaban J connectivity index is 1.65. The fraction of sp³-hybridized carbons (Fsp3) is 0.556. The monoisotopic (exact) mass is 301 g/mol. The number of rotatable bonds is 7. The highest BCUT2D eigenvalue weighted by Crippen LogP contribution is 2.40. The Labute approximate surface area is 131 Å². The fourth-order valence-corrected chi connectivity index (χ4v) is 3.24. The lowest BCUT2D eigenvalue weighted by Gasteiger charge is -2.29. The molecule has 118 valence electrons. The summed E-state index contributed by atoms with van der Waals surface area (Å²) in [5.74, 6) is -0.0635. The largest absolute Gasteiger partial charge is 0.478 e. The van der Waals surface area contributed by atoms with Gasteiger partial charge in [-0.3, -0.25) is 4.79 Å². The molecule has 2 aliphatic rings. The third-order valence-electron chi connectivity index (χ3n) is 4.83. The molecule has 1 aromatic rings. The molecule has 2 fully saturated rings. The zero-order valence-corrected chi connectivity index (χ0v) is 13.0. The SMILES string of the molecule is CC(C1CC1)N(C(=O)CCc1ccccc1C(=O)O)C1CC1. The molecule has 0 radical (unpaired) electrons. The second-order valence-corrected chi connectivity index (χ2v) is 6.57. The first-order chi connectivity index (χ1) is 10.6. The van der Waals surface area contributed by atoms with Crippen LogP contribution in [-0.2, 0) is 11.2 Å². The number of carboxylic acids is 1. The van der Waals surface area contributed by atoms with Crippen molar-refractivity contribution in [1.29, 1.82) is 0 Å². The molecule has 22 heavy (non-hydrogen) atoms. The van der Waals surface area contributed by atoms with Gasteiger partial charge in [0.2, 0.25) is 5.91 Å². The Kier molecular flexibility index (Phi) is 4.19. The normalized spacial score (nSPS) is 18.8.